The van der Waals surface area contributed by atoms with Gasteiger partial charge in [-0.3, -0.25) is 4.99 Å². The van der Waals surface area contributed by atoms with Gasteiger partial charge in [-0.2, -0.15) is 0 Å². The molecule has 1 unspecified atom stereocenters. The van der Waals surface area contributed by atoms with E-state index in [1.165, 1.54) is 11.8 Å². The van der Waals surface area contributed by atoms with Gasteiger partial charge in [0.2, 0.25) is 0 Å². The Morgan fingerprint density at radius 2 is 1.71 bits per heavy atom. The van der Waals surface area contributed by atoms with Crippen LogP contribution < -0.4 is 5.32 Å². The first-order chi connectivity index (χ1) is 10.1. The Morgan fingerprint density at radius 3 is 2.48 bits per heavy atom. The number of aliphatic imine (C=N–C) groups is 1. The molecule has 3 rings (SSSR count). The van der Waals surface area contributed by atoms with E-state index in [1.807, 2.05) is 30.3 Å². The molecule has 1 N–H and O–H groups in total. The van der Waals surface area contributed by atoms with Crippen LogP contribution in [0.4, 0.5) is 18.9 Å². The normalized spacial score (nSPS) is 17.7. The monoisotopic (exact) mass is 308 g/mol. The van der Waals surface area contributed by atoms with Crippen LogP contribution >= 0.6 is 11.8 Å². The van der Waals surface area contributed by atoms with Crippen LogP contribution in [0.25, 0.3) is 0 Å². The van der Waals surface area contributed by atoms with Gasteiger partial charge in [0.15, 0.2) is 16.8 Å². The van der Waals surface area contributed by atoms with Crippen molar-refractivity contribution in [2.75, 3.05) is 11.1 Å². The largest absolute Gasteiger partial charge is 0.332 e. The summed E-state index contributed by atoms with van der Waals surface area (Å²) < 4.78 is 39.6. The Labute approximate surface area is 124 Å². The molecular formula is C15H11F3N2S. The molecule has 2 nitrogen and oxygen atoms in total. The van der Waals surface area contributed by atoms with Crippen molar-refractivity contribution < 1.29 is 13.2 Å². The molecule has 6 heteroatoms. The maximum Gasteiger partial charge on any atom is 0.161 e. The number of rotatable bonds is 2. The van der Waals surface area contributed by atoms with Gasteiger partial charge < -0.3 is 5.32 Å². The average Bonchev–Trinajstić information content (AvgIpc) is 2.94. The van der Waals surface area contributed by atoms with Crippen molar-refractivity contribution in [3.63, 3.8) is 0 Å². The summed E-state index contributed by atoms with van der Waals surface area (Å²) in [6.45, 7) is 0. The van der Waals surface area contributed by atoms with Gasteiger partial charge in [-0.1, -0.05) is 42.1 Å². The first-order valence-electron chi connectivity index (χ1n) is 6.30. The highest BCUT2D eigenvalue weighted by molar-refractivity contribution is 8.14. The fraction of sp³-hybridized carbons (Fsp3) is 0.133. The zero-order chi connectivity index (χ0) is 14.8. The third kappa shape index (κ3) is 3.05. The maximum absolute atomic E-state index is 13.6. The molecule has 1 atom stereocenters. The number of anilines is 1. The van der Waals surface area contributed by atoms with Gasteiger partial charge in [-0.25, -0.2) is 13.2 Å². The van der Waals surface area contributed by atoms with E-state index in [4.69, 9.17) is 0 Å². The van der Waals surface area contributed by atoms with E-state index in [0.29, 0.717) is 11.2 Å². The fourth-order valence-corrected chi connectivity index (χ4v) is 2.99. The van der Waals surface area contributed by atoms with E-state index < -0.39 is 17.5 Å². The molecule has 1 aliphatic rings. The Kier molecular flexibility index (Phi) is 3.88. The van der Waals surface area contributed by atoms with Crippen molar-refractivity contribution >= 4 is 22.6 Å². The Morgan fingerprint density at radius 1 is 1.00 bits per heavy atom. The lowest BCUT2D eigenvalue weighted by molar-refractivity contribution is 0.496. The quantitative estimate of drug-likeness (QED) is 0.834. The van der Waals surface area contributed by atoms with Crippen LogP contribution in [-0.4, -0.2) is 10.9 Å². The lowest BCUT2D eigenvalue weighted by Gasteiger charge is -2.07. The van der Waals surface area contributed by atoms with E-state index in [-0.39, 0.29) is 11.7 Å². The van der Waals surface area contributed by atoms with Crippen LogP contribution in [-0.2, 0) is 0 Å². The molecule has 0 fully saturated rings. The summed E-state index contributed by atoms with van der Waals surface area (Å²) in [5, 5.41) is 3.20. The Bertz CT molecular complexity index is 689. The van der Waals surface area contributed by atoms with Crippen LogP contribution in [0.2, 0.25) is 0 Å². The topological polar surface area (TPSA) is 24.4 Å². The number of halogens is 3. The van der Waals surface area contributed by atoms with E-state index >= 15 is 0 Å². The molecule has 0 radical (unpaired) electrons. The number of benzene rings is 2. The summed E-state index contributed by atoms with van der Waals surface area (Å²) in [7, 11) is 0. The summed E-state index contributed by atoms with van der Waals surface area (Å²) in [6.07, 6.45) is 0. The molecule has 0 aromatic heterocycles. The number of thioether (sulfide) groups is 1. The third-order valence-corrected chi connectivity index (χ3v) is 4.05. The van der Waals surface area contributed by atoms with Gasteiger partial charge >= 0.3 is 0 Å². The fourth-order valence-electron chi connectivity index (χ4n) is 2.02. The molecule has 1 aliphatic heterocycles. The average molecular weight is 308 g/mol. The lowest BCUT2D eigenvalue weighted by atomic mass is 10.1. The highest BCUT2D eigenvalue weighted by atomic mass is 32.2. The second-order valence-corrected chi connectivity index (χ2v) is 5.55. The molecule has 1 heterocycles. The number of nitrogens with one attached hydrogen (secondary N) is 1. The minimum absolute atomic E-state index is 0.0212. The van der Waals surface area contributed by atoms with Crippen LogP contribution in [0.5, 0.6) is 0 Å². The zero-order valence-electron chi connectivity index (χ0n) is 10.8. The molecule has 108 valence electrons. The number of nitrogens with zero attached hydrogens (tertiary/aromatic N) is 1. The smallest absolute Gasteiger partial charge is 0.161 e. The summed E-state index contributed by atoms with van der Waals surface area (Å²) >= 11 is 1.41. The number of hydrogen-bond acceptors (Lipinski definition) is 3. The molecule has 2 aromatic carbocycles. The first kappa shape index (κ1) is 14.0. The molecule has 0 aliphatic carbocycles. The summed E-state index contributed by atoms with van der Waals surface area (Å²) in [6, 6.07) is 11.0. The number of amidine groups is 1. The standard InChI is InChI=1S/C15H11F3N2S/c16-10-6-12(18)13(7-11(10)17)19-15-20-14(8-21-15)9-4-2-1-3-5-9/h1-7,14H,8H2,(H,19,20). The number of hydrogen-bond donors (Lipinski definition) is 1. The van der Waals surface area contributed by atoms with E-state index in [0.717, 1.165) is 17.4 Å². The SMILES string of the molecule is Fc1cc(F)c(NC2=NC(c3ccccc3)CS2)cc1F. The van der Waals surface area contributed by atoms with E-state index in [1.54, 1.807) is 0 Å². The minimum Gasteiger partial charge on any atom is -0.332 e. The second-order valence-electron chi connectivity index (χ2n) is 4.54. The zero-order valence-corrected chi connectivity index (χ0v) is 11.6. The van der Waals surface area contributed by atoms with Crippen LogP contribution in [0.3, 0.4) is 0 Å². The van der Waals surface area contributed by atoms with Crippen LogP contribution in [0.1, 0.15) is 11.6 Å². The van der Waals surface area contributed by atoms with Crippen LogP contribution in [0.15, 0.2) is 47.5 Å². The summed E-state index contributed by atoms with van der Waals surface area (Å²) in [5.41, 5.74) is 0.946. The van der Waals surface area contributed by atoms with Gasteiger partial charge in [0.05, 0.1) is 11.7 Å². The van der Waals surface area contributed by atoms with Gasteiger partial charge in [0.25, 0.3) is 0 Å². The summed E-state index contributed by atoms with van der Waals surface area (Å²) in [4.78, 5) is 4.43. The predicted octanol–water partition coefficient (Wildman–Crippen LogP) is 4.36. The second kappa shape index (κ2) is 5.81. The minimum atomic E-state index is -1.21. The lowest BCUT2D eigenvalue weighted by Crippen LogP contribution is -2.07. The van der Waals surface area contributed by atoms with Crippen molar-refractivity contribution in [1.82, 2.24) is 0 Å². The van der Waals surface area contributed by atoms with Crippen molar-refractivity contribution in [1.29, 1.82) is 0 Å². The molecule has 0 amide bonds. The molecule has 2 aromatic rings. The highest BCUT2D eigenvalue weighted by Crippen LogP contribution is 2.31. The molecule has 0 spiro atoms. The van der Waals surface area contributed by atoms with Gasteiger partial charge in [-0.05, 0) is 5.56 Å². The van der Waals surface area contributed by atoms with Crippen molar-refractivity contribution in [2.24, 2.45) is 4.99 Å². The van der Waals surface area contributed by atoms with Crippen molar-refractivity contribution in [3.8, 4) is 0 Å². The Balaban J connectivity index is 1.79. The predicted molar refractivity (Wildman–Crippen MR) is 79.0 cm³/mol. The molecule has 0 saturated carbocycles. The highest BCUT2D eigenvalue weighted by Gasteiger charge is 2.21. The first-order valence-corrected chi connectivity index (χ1v) is 7.29. The van der Waals surface area contributed by atoms with Crippen molar-refractivity contribution in [3.05, 3.63) is 65.5 Å². The summed E-state index contributed by atoms with van der Waals surface area (Å²) in [5.74, 6) is -2.43. The van der Waals surface area contributed by atoms with E-state index in [2.05, 4.69) is 10.3 Å². The Hall–Kier alpha value is -1.95. The van der Waals surface area contributed by atoms with Crippen molar-refractivity contribution in [2.45, 2.75) is 6.04 Å². The molecular weight excluding hydrogens is 297 g/mol. The maximum atomic E-state index is 13.6. The van der Waals surface area contributed by atoms with Gasteiger partial charge in [0.1, 0.15) is 5.82 Å². The third-order valence-electron chi connectivity index (χ3n) is 3.09. The van der Waals surface area contributed by atoms with Gasteiger partial charge in [-0.15, -0.1) is 0 Å². The van der Waals surface area contributed by atoms with Gasteiger partial charge in [0, 0.05) is 17.9 Å². The molecule has 0 bridgehead atoms. The molecule has 21 heavy (non-hydrogen) atoms. The van der Waals surface area contributed by atoms with Crippen LogP contribution in [0, 0.1) is 17.5 Å². The van der Waals surface area contributed by atoms with E-state index in [9.17, 15) is 13.2 Å². The molecule has 0 saturated heterocycles.